The summed E-state index contributed by atoms with van der Waals surface area (Å²) in [6, 6.07) is 1.22. The Morgan fingerprint density at radius 2 is 1.95 bits per heavy atom. The van der Waals surface area contributed by atoms with E-state index >= 15 is 0 Å². The van der Waals surface area contributed by atoms with Crippen LogP contribution in [0.4, 0.5) is 19.0 Å². The van der Waals surface area contributed by atoms with Gasteiger partial charge in [-0.1, -0.05) is 0 Å². The van der Waals surface area contributed by atoms with Crippen molar-refractivity contribution in [3.8, 4) is 5.88 Å². The number of nitrogens with zero attached hydrogens (tertiary/aromatic N) is 3. The van der Waals surface area contributed by atoms with Gasteiger partial charge in [0.2, 0.25) is 11.7 Å². The van der Waals surface area contributed by atoms with Gasteiger partial charge in [-0.3, -0.25) is 0 Å². The Kier molecular flexibility index (Phi) is 3.79. The van der Waals surface area contributed by atoms with E-state index in [2.05, 4.69) is 14.9 Å². The third kappa shape index (κ3) is 3.69. The second kappa shape index (κ2) is 5.20. The van der Waals surface area contributed by atoms with Crippen LogP contribution in [0, 0.1) is 0 Å². The van der Waals surface area contributed by atoms with E-state index in [1.165, 1.54) is 6.07 Å². The molecule has 2 rings (SSSR count). The Bertz CT molecular complexity index is 444. The van der Waals surface area contributed by atoms with E-state index in [4.69, 9.17) is 10.5 Å². The highest BCUT2D eigenvalue weighted by Gasteiger charge is 2.35. The molecule has 0 unspecified atom stereocenters. The van der Waals surface area contributed by atoms with Gasteiger partial charge in [-0.25, -0.2) is 4.98 Å². The molecule has 1 aromatic rings. The topological polar surface area (TPSA) is 64.3 Å². The summed E-state index contributed by atoms with van der Waals surface area (Å²) in [5.74, 6) is -1.63. The van der Waals surface area contributed by atoms with E-state index < -0.39 is 12.0 Å². The Morgan fingerprint density at radius 1 is 1.32 bits per heavy atom. The van der Waals surface area contributed by atoms with Gasteiger partial charge in [0.15, 0.2) is 0 Å². The molecule has 0 saturated carbocycles. The normalized spacial score (nSPS) is 18.5. The van der Waals surface area contributed by atoms with Crippen molar-refractivity contribution >= 4 is 5.82 Å². The zero-order chi connectivity index (χ0) is 14.0. The quantitative estimate of drug-likeness (QED) is 0.888. The number of alkyl halides is 3. The highest BCUT2D eigenvalue weighted by molar-refractivity contribution is 5.33. The van der Waals surface area contributed by atoms with Crippen LogP contribution in [0.3, 0.4) is 0 Å². The molecule has 0 aromatic carbocycles. The van der Waals surface area contributed by atoms with Crippen molar-refractivity contribution in [2.45, 2.75) is 25.1 Å². The van der Waals surface area contributed by atoms with Gasteiger partial charge in [-0.2, -0.15) is 18.2 Å². The third-order valence-corrected chi connectivity index (χ3v) is 2.93. The molecule has 1 fully saturated rings. The lowest BCUT2D eigenvalue weighted by molar-refractivity contribution is -0.145. The minimum Gasteiger partial charge on any atom is -0.474 e. The van der Waals surface area contributed by atoms with Crippen LogP contribution in [-0.2, 0) is 6.18 Å². The molecule has 2 heterocycles. The first kappa shape index (κ1) is 13.9. The minimum absolute atomic E-state index is 0.116. The second-order valence-corrected chi connectivity index (χ2v) is 4.57. The number of hydrogen-bond donors (Lipinski definition) is 1. The van der Waals surface area contributed by atoms with E-state index in [-0.39, 0.29) is 17.8 Å². The first-order valence-corrected chi connectivity index (χ1v) is 5.91. The monoisotopic (exact) mass is 276 g/mol. The van der Waals surface area contributed by atoms with Crippen molar-refractivity contribution in [1.29, 1.82) is 0 Å². The largest absolute Gasteiger partial charge is 0.474 e. The molecule has 8 heteroatoms. The molecule has 1 aliphatic rings. The number of rotatable bonds is 2. The van der Waals surface area contributed by atoms with Gasteiger partial charge in [0.25, 0.3) is 0 Å². The fourth-order valence-corrected chi connectivity index (χ4v) is 1.90. The standard InChI is InChI=1S/C11H15F3N4O/c1-18-4-2-7(3-5-18)19-9-6-8(15)16-10(17-9)11(12,13)14/h6-7H,2-5H2,1H3,(H2,15,16,17). The second-order valence-electron chi connectivity index (χ2n) is 4.57. The van der Waals surface area contributed by atoms with Crippen molar-refractivity contribution in [2.75, 3.05) is 25.9 Å². The summed E-state index contributed by atoms with van der Waals surface area (Å²) in [6.07, 6.45) is -3.25. The fourth-order valence-electron chi connectivity index (χ4n) is 1.90. The zero-order valence-corrected chi connectivity index (χ0v) is 10.4. The number of anilines is 1. The Morgan fingerprint density at radius 3 is 2.53 bits per heavy atom. The molecular weight excluding hydrogens is 261 g/mol. The van der Waals surface area contributed by atoms with Crippen LogP contribution in [0.1, 0.15) is 18.7 Å². The van der Waals surface area contributed by atoms with E-state index in [1.807, 2.05) is 7.05 Å². The molecular formula is C11H15F3N4O. The summed E-state index contributed by atoms with van der Waals surface area (Å²) >= 11 is 0. The summed E-state index contributed by atoms with van der Waals surface area (Å²) in [6.45, 7) is 1.69. The number of halogens is 3. The number of aromatic nitrogens is 2. The fraction of sp³-hybridized carbons (Fsp3) is 0.636. The lowest BCUT2D eigenvalue weighted by atomic mass is 10.1. The molecule has 19 heavy (non-hydrogen) atoms. The molecule has 0 radical (unpaired) electrons. The molecule has 5 nitrogen and oxygen atoms in total. The number of likely N-dealkylation sites (tertiary alicyclic amines) is 1. The van der Waals surface area contributed by atoms with Crippen LogP contribution >= 0.6 is 0 Å². The minimum atomic E-state index is -4.62. The molecule has 1 aliphatic heterocycles. The Balaban J connectivity index is 2.10. The zero-order valence-electron chi connectivity index (χ0n) is 10.4. The first-order chi connectivity index (χ1) is 8.84. The van der Waals surface area contributed by atoms with E-state index in [1.54, 1.807) is 0 Å². The van der Waals surface area contributed by atoms with Crippen LogP contribution in [0.5, 0.6) is 5.88 Å². The van der Waals surface area contributed by atoms with Crippen molar-refractivity contribution in [3.05, 3.63) is 11.9 Å². The highest BCUT2D eigenvalue weighted by atomic mass is 19.4. The molecule has 2 N–H and O–H groups in total. The molecule has 0 amide bonds. The first-order valence-electron chi connectivity index (χ1n) is 5.91. The molecule has 1 saturated heterocycles. The van der Waals surface area contributed by atoms with Gasteiger partial charge in [0, 0.05) is 19.2 Å². The van der Waals surface area contributed by atoms with E-state index in [0.717, 1.165) is 25.9 Å². The maximum Gasteiger partial charge on any atom is 0.451 e. The van der Waals surface area contributed by atoms with Gasteiger partial charge in [0.05, 0.1) is 0 Å². The van der Waals surface area contributed by atoms with Crippen molar-refractivity contribution in [2.24, 2.45) is 0 Å². The van der Waals surface area contributed by atoms with Crippen LogP contribution in [0.2, 0.25) is 0 Å². The van der Waals surface area contributed by atoms with Crippen LogP contribution in [0.25, 0.3) is 0 Å². The number of nitrogen functional groups attached to an aromatic ring is 1. The van der Waals surface area contributed by atoms with Gasteiger partial charge in [-0.15, -0.1) is 0 Å². The lowest BCUT2D eigenvalue weighted by Gasteiger charge is -2.29. The maximum absolute atomic E-state index is 12.5. The summed E-state index contributed by atoms with van der Waals surface area (Å²) in [5.41, 5.74) is 5.34. The molecule has 0 atom stereocenters. The number of nitrogens with two attached hydrogens (primary N) is 1. The molecule has 0 spiro atoms. The summed E-state index contributed by atoms with van der Waals surface area (Å²) < 4.78 is 43.1. The predicted molar refractivity (Wildman–Crippen MR) is 62.6 cm³/mol. The lowest BCUT2D eigenvalue weighted by Crippen LogP contribution is -2.35. The van der Waals surface area contributed by atoms with Crippen LogP contribution < -0.4 is 10.5 Å². The summed E-state index contributed by atoms with van der Waals surface area (Å²) in [5, 5.41) is 0. The number of ether oxygens (including phenoxy) is 1. The predicted octanol–water partition coefficient (Wildman–Crippen LogP) is 1.55. The molecule has 1 aromatic heterocycles. The third-order valence-electron chi connectivity index (χ3n) is 2.93. The van der Waals surface area contributed by atoms with Gasteiger partial charge < -0.3 is 15.4 Å². The SMILES string of the molecule is CN1CCC(Oc2cc(N)nc(C(F)(F)F)n2)CC1. The smallest absolute Gasteiger partial charge is 0.451 e. The van der Waals surface area contributed by atoms with E-state index in [0.29, 0.717) is 0 Å². The van der Waals surface area contributed by atoms with Crippen molar-refractivity contribution in [1.82, 2.24) is 14.9 Å². The average Bonchev–Trinajstić information content (AvgIpc) is 2.30. The van der Waals surface area contributed by atoms with E-state index in [9.17, 15) is 13.2 Å². The molecule has 106 valence electrons. The highest BCUT2D eigenvalue weighted by Crippen LogP contribution is 2.29. The van der Waals surface area contributed by atoms with Crippen LogP contribution in [-0.4, -0.2) is 41.1 Å². The molecule has 0 bridgehead atoms. The summed E-state index contributed by atoms with van der Waals surface area (Å²) in [7, 11) is 1.99. The average molecular weight is 276 g/mol. The number of piperidine rings is 1. The van der Waals surface area contributed by atoms with Crippen LogP contribution in [0.15, 0.2) is 6.07 Å². The number of hydrogen-bond acceptors (Lipinski definition) is 5. The Hall–Kier alpha value is -1.57. The summed E-state index contributed by atoms with van der Waals surface area (Å²) in [4.78, 5) is 8.66. The van der Waals surface area contributed by atoms with Gasteiger partial charge >= 0.3 is 6.18 Å². The maximum atomic E-state index is 12.5. The molecule has 0 aliphatic carbocycles. The van der Waals surface area contributed by atoms with Crippen molar-refractivity contribution in [3.63, 3.8) is 0 Å². The van der Waals surface area contributed by atoms with Gasteiger partial charge in [0.1, 0.15) is 11.9 Å². The van der Waals surface area contributed by atoms with Crippen molar-refractivity contribution < 1.29 is 17.9 Å². The van der Waals surface area contributed by atoms with Gasteiger partial charge in [-0.05, 0) is 19.9 Å². The Labute approximate surface area is 108 Å².